The summed E-state index contributed by atoms with van der Waals surface area (Å²) in [5, 5.41) is 0. The summed E-state index contributed by atoms with van der Waals surface area (Å²) < 4.78 is 0. The molecular formula is C18H26. The van der Waals surface area contributed by atoms with Crippen molar-refractivity contribution in [2.24, 2.45) is 0 Å². The molecule has 0 spiro atoms. The van der Waals surface area contributed by atoms with Crippen LogP contribution in [0.5, 0.6) is 0 Å². The van der Waals surface area contributed by atoms with Crippen LogP contribution in [0.1, 0.15) is 39.7 Å². The van der Waals surface area contributed by atoms with Crippen molar-refractivity contribution >= 4 is 0 Å². The molecule has 0 bridgehead atoms. The number of rotatable bonds is 2. The van der Waals surface area contributed by atoms with E-state index in [0.29, 0.717) is 0 Å². The Hall–Kier alpha value is -1.56. The summed E-state index contributed by atoms with van der Waals surface area (Å²) in [6.45, 7) is 8.00. The van der Waals surface area contributed by atoms with E-state index in [1.807, 2.05) is 27.7 Å². The SMILES string of the molecule is C1=CCC=CC(Cc2ccccc2)=C1.CC.CC. The molecule has 0 amide bonds. The van der Waals surface area contributed by atoms with E-state index in [4.69, 9.17) is 0 Å². The average Bonchev–Trinajstić information content (AvgIpc) is 2.73. The van der Waals surface area contributed by atoms with Gasteiger partial charge in [-0.3, -0.25) is 0 Å². The van der Waals surface area contributed by atoms with Gasteiger partial charge in [-0.2, -0.15) is 0 Å². The first-order chi connectivity index (χ1) is 8.95. The van der Waals surface area contributed by atoms with Gasteiger partial charge in [-0.1, -0.05) is 88.4 Å². The monoisotopic (exact) mass is 242 g/mol. The van der Waals surface area contributed by atoms with Crippen LogP contribution in [0.15, 0.2) is 66.3 Å². The summed E-state index contributed by atoms with van der Waals surface area (Å²) in [6, 6.07) is 10.6. The minimum absolute atomic E-state index is 1.03. The summed E-state index contributed by atoms with van der Waals surface area (Å²) in [6.07, 6.45) is 13.0. The molecule has 2 rings (SSSR count). The van der Waals surface area contributed by atoms with Gasteiger partial charge in [0.05, 0.1) is 0 Å². The molecule has 0 fully saturated rings. The molecule has 98 valence electrons. The normalized spacial score (nSPS) is 12.3. The van der Waals surface area contributed by atoms with Crippen molar-refractivity contribution in [3.05, 3.63) is 71.8 Å². The predicted molar refractivity (Wildman–Crippen MR) is 83.8 cm³/mol. The quantitative estimate of drug-likeness (QED) is 0.622. The average molecular weight is 242 g/mol. The molecule has 0 heterocycles. The van der Waals surface area contributed by atoms with Crippen LogP contribution in [0, 0.1) is 0 Å². The van der Waals surface area contributed by atoms with Crippen LogP contribution in [-0.4, -0.2) is 0 Å². The molecule has 0 radical (unpaired) electrons. The molecule has 0 aromatic heterocycles. The Morgan fingerprint density at radius 2 is 1.56 bits per heavy atom. The van der Waals surface area contributed by atoms with E-state index in [9.17, 15) is 0 Å². The molecular weight excluding hydrogens is 216 g/mol. The number of allylic oxidation sites excluding steroid dienone is 6. The second kappa shape index (κ2) is 11.9. The molecule has 0 atom stereocenters. The Morgan fingerprint density at radius 1 is 0.889 bits per heavy atom. The predicted octanol–water partition coefficient (Wildman–Crippen LogP) is 5.72. The third-order valence-corrected chi connectivity index (χ3v) is 2.30. The molecule has 1 aromatic carbocycles. The highest BCUT2D eigenvalue weighted by Crippen LogP contribution is 2.11. The lowest BCUT2D eigenvalue weighted by atomic mass is 10.0. The fourth-order valence-corrected chi connectivity index (χ4v) is 1.57. The van der Waals surface area contributed by atoms with Crippen LogP contribution in [-0.2, 0) is 6.42 Å². The van der Waals surface area contributed by atoms with Crippen molar-refractivity contribution in [2.45, 2.75) is 40.5 Å². The fraction of sp³-hybridized carbons (Fsp3) is 0.333. The summed E-state index contributed by atoms with van der Waals surface area (Å²) in [4.78, 5) is 0. The van der Waals surface area contributed by atoms with Gasteiger partial charge in [-0.15, -0.1) is 0 Å². The maximum Gasteiger partial charge on any atom is -0.00259 e. The minimum atomic E-state index is 1.03. The Morgan fingerprint density at radius 3 is 2.22 bits per heavy atom. The highest BCUT2D eigenvalue weighted by Gasteiger charge is 1.95. The maximum absolute atomic E-state index is 2.22. The highest BCUT2D eigenvalue weighted by molar-refractivity contribution is 5.32. The summed E-state index contributed by atoms with van der Waals surface area (Å²) in [7, 11) is 0. The van der Waals surface area contributed by atoms with Crippen molar-refractivity contribution in [1.82, 2.24) is 0 Å². The van der Waals surface area contributed by atoms with E-state index in [-0.39, 0.29) is 0 Å². The third-order valence-electron chi connectivity index (χ3n) is 2.30. The van der Waals surface area contributed by atoms with Crippen LogP contribution < -0.4 is 0 Å². The summed E-state index contributed by atoms with van der Waals surface area (Å²) in [5.74, 6) is 0. The summed E-state index contributed by atoms with van der Waals surface area (Å²) in [5.41, 5.74) is 2.75. The van der Waals surface area contributed by atoms with Crippen molar-refractivity contribution in [3.8, 4) is 0 Å². The van der Waals surface area contributed by atoms with Crippen molar-refractivity contribution in [1.29, 1.82) is 0 Å². The topological polar surface area (TPSA) is 0 Å². The Kier molecular flexibility index (Phi) is 10.9. The van der Waals surface area contributed by atoms with Gasteiger partial charge in [0, 0.05) is 0 Å². The lowest BCUT2D eigenvalue weighted by Gasteiger charge is -2.00. The minimum Gasteiger partial charge on any atom is -0.0807 e. The molecule has 1 aliphatic carbocycles. The first-order valence-corrected chi connectivity index (χ1v) is 7.01. The van der Waals surface area contributed by atoms with E-state index in [1.54, 1.807) is 0 Å². The third kappa shape index (κ3) is 6.90. The van der Waals surface area contributed by atoms with Gasteiger partial charge >= 0.3 is 0 Å². The zero-order valence-corrected chi connectivity index (χ0v) is 12.2. The van der Waals surface area contributed by atoms with Gasteiger partial charge in [-0.05, 0) is 24.0 Å². The summed E-state index contributed by atoms with van der Waals surface area (Å²) >= 11 is 0. The van der Waals surface area contributed by atoms with Crippen LogP contribution in [0.3, 0.4) is 0 Å². The van der Waals surface area contributed by atoms with Crippen molar-refractivity contribution < 1.29 is 0 Å². The molecule has 18 heavy (non-hydrogen) atoms. The lowest BCUT2D eigenvalue weighted by molar-refractivity contribution is 1.19. The fourth-order valence-electron chi connectivity index (χ4n) is 1.57. The Balaban J connectivity index is 0.000000659. The van der Waals surface area contributed by atoms with Crippen molar-refractivity contribution in [3.63, 3.8) is 0 Å². The van der Waals surface area contributed by atoms with Crippen LogP contribution in [0.4, 0.5) is 0 Å². The van der Waals surface area contributed by atoms with Gasteiger partial charge in [0.1, 0.15) is 0 Å². The first kappa shape index (κ1) is 16.4. The van der Waals surface area contributed by atoms with E-state index >= 15 is 0 Å². The second-order valence-corrected chi connectivity index (χ2v) is 3.47. The van der Waals surface area contributed by atoms with Crippen LogP contribution in [0.25, 0.3) is 0 Å². The van der Waals surface area contributed by atoms with Crippen LogP contribution >= 0.6 is 0 Å². The molecule has 0 aliphatic heterocycles. The molecule has 0 saturated heterocycles. The lowest BCUT2D eigenvalue weighted by Crippen LogP contribution is -1.86. The van der Waals surface area contributed by atoms with Crippen molar-refractivity contribution in [2.75, 3.05) is 0 Å². The Bertz CT molecular complexity index is 366. The highest BCUT2D eigenvalue weighted by atomic mass is 14.0. The van der Waals surface area contributed by atoms with Gasteiger partial charge in [0.25, 0.3) is 0 Å². The van der Waals surface area contributed by atoms with Gasteiger partial charge in [-0.25, -0.2) is 0 Å². The van der Waals surface area contributed by atoms with E-state index in [1.165, 1.54) is 11.1 Å². The van der Waals surface area contributed by atoms with E-state index in [2.05, 4.69) is 60.7 Å². The van der Waals surface area contributed by atoms with Gasteiger partial charge in [0.2, 0.25) is 0 Å². The number of hydrogen-bond acceptors (Lipinski definition) is 0. The van der Waals surface area contributed by atoms with E-state index < -0.39 is 0 Å². The molecule has 0 unspecified atom stereocenters. The van der Waals surface area contributed by atoms with Crippen LogP contribution in [0.2, 0.25) is 0 Å². The first-order valence-electron chi connectivity index (χ1n) is 7.01. The largest absolute Gasteiger partial charge is 0.0807 e. The standard InChI is InChI=1S/C14H14.2C2H6/c1-2-5-9-13(8-4-1)12-14-10-6-3-7-11-14;2*1-2/h1,3-11H,2,12H2;2*1-2H3. The number of benzene rings is 1. The zero-order valence-electron chi connectivity index (χ0n) is 12.2. The van der Waals surface area contributed by atoms with Gasteiger partial charge in [0.15, 0.2) is 0 Å². The smallest absolute Gasteiger partial charge is 0.00259 e. The molecule has 0 saturated carbocycles. The molecule has 1 aliphatic rings. The Labute approximate surface area is 113 Å². The molecule has 0 nitrogen and oxygen atoms in total. The molecule has 0 N–H and O–H groups in total. The second-order valence-electron chi connectivity index (χ2n) is 3.47. The van der Waals surface area contributed by atoms with Gasteiger partial charge < -0.3 is 0 Å². The molecule has 0 heteroatoms. The van der Waals surface area contributed by atoms with E-state index in [0.717, 1.165) is 12.8 Å². The molecule has 1 aromatic rings. The number of hydrogen-bond donors (Lipinski definition) is 0. The zero-order chi connectivity index (χ0) is 13.6. The maximum atomic E-state index is 2.22.